The fourth-order valence-corrected chi connectivity index (χ4v) is 5.34. The highest BCUT2D eigenvalue weighted by Gasteiger charge is 2.48. The predicted octanol–water partition coefficient (Wildman–Crippen LogP) is 5.66. The summed E-state index contributed by atoms with van der Waals surface area (Å²) in [5, 5.41) is 11.6. The van der Waals surface area contributed by atoms with Crippen molar-refractivity contribution in [2.45, 2.75) is 46.6 Å². The monoisotopic (exact) mass is 534 g/mol. The number of hydrogen-bond donors (Lipinski definition) is 1. The smallest absolute Gasteiger partial charge is 0.350 e. The van der Waals surface area contributed by atoms with Crippen LogP contribution in [0.15, 0.2) is 48.0 Å². The summed E-state index contributed by atoms with van der Waals surface area (Å²) in [6.07, 6.45) is 1.93. The molecule has 1 N–H and O–H groups in total. The molecule has 198 valence electrons. The average Bonchev–Trinajstić information content (AvgIpc) is 3.41. The normalized spacial score (nSPS) is 16.7. The first-order valence-electron chi connectivity index (χ1n) is 12.3. The number of aromatic nitrogens is 1. The number of carbonyl (C=O) groups is 3. The standard InChI is InChI=1S/C29H30N2O6S/c1-6-7-14-37-20-12-10-19(11-13-20)23-22(24(32)21-15-16(2)8-9-17(21)3)25(33)27(34)31(23)29-30-18(4)26(38-29)28(35)36-5/h8-13,15,23,32H,6-7,14H2,1-5H3/b24-22+. The zero-order valence-electron chi connectivity index (χ0n) is 22.0. The fourth-order valence-electron chi connectivity index (χ4n) is 4.33. The molecule has 1 aliphatic rings. The Labute approximate surface area is 225 Å². The SMILES string of the molecule is CCCCOc1ccc(C2/C(=C(\O)c3cc(C)ccc3C)C(=O)C(=O)N2c2nc(C)c(C(=O)OC)s2)cc1. The van der Waals surface area contributed by atoms with Crippen molar-refractivity contribution in [1.82, 2.24) is 4.98 Å². The Bertz CT molecular complexity index is 1420. The largest absolute Gasteiger partial charge is 0.507 e. The maximum atomic E-state index is 13.5. The van der Waals surface area contributed by atoms with Crippen LogP contribution in [-0.2, 0) is 14.3 Å². The lowest BCUT2D eigenvalue weighted by atomic mass is 9.93. The van der Waals surface area contributed by atoms with Gasteiger partial charge in [-0.1, -0.05) is 54.5 Å². The molecule has 2 heterocycles. The van der Waals surface area contributed by atoms with E-state index in [1.54, 1.807) is 37.3 Å². The van der Waals surface area contributed by atoms with Crippen LogP contribution in [0, 0.1) is 20.8 Å². The second-order valence-corrected chi connectivity index (χ2v) is 10.1. The van der Waals surface area contributed by atoms with E-state index in [1.165, 1.54) is 12.0 Å². The van der Waals surface area contributed by atoms with Gasteiger partial charge in [-0.05, 0) is 56.5 Å². The van der Waals surface area contributed by atoms with Crippen LogP contribution in [0.25, 0.3) is 5.76 Å². The zero-order chi connectivity index (χ0) is 27.6. The van der Waals surface area contributed by atoms with Gasteiger partial charge in [0.2, 0.25) is 0 Å². The van der Waals surface area contributed by atoms with Crippen molar-refractivity contribution in [3.8, 4) is 5.75 Å². The van der Waals surface area contributed by atoms with Crippen molar-refractivity contribution in [3.05, 3.63) is 80.9 Å². The van der Waals surface area contributed by atoms with Gasteiger partial charge >= 0.3 is 11.9 Å². The van der Waals surface area contributed by atoms with Crippen molar-refractivity contribution in [1.29, 1.82) is 0 Å². The summed E-state index contributed by atoms with van der Waals surface area (Å²) in [6.45, 7) is 8.01. The molecule has 0 bridgehead atoms. The molecule has 1 fully saturated rings. The van der Waals surface area contributed by atoms with E-state index in [2.05, 4.69) is 11.9 Å². The molecule has 0 spiro atoms. The third kappa shape index (κ3) is 5.06. The molecule has 0 saturated carbocycles. The Hall–Kier alpha value is -3.98. The number of aliphatic hydroxyl groups excluding tert-OH is 1. The lowest BCUT2D eigenvalue weighted by Crippen LogP contribution is -2.29. The Balaban J connectivity index is 1.88. The second kappa shape index (κ2) is 11.2. The summed E-state index contributed by atoms with van der Waals surface area (Å²) in [4.78, 5) is 45.1. The van der Waals surface area contributed by atoms with Crippen LogP contribution in [0.5, 0.6) is 5.75 Å². The number of methoxy groups -OCH3 is 1. The van der Waals surface area contributed by atoms with E-state index in [9.17, 15) is 19.5 Å². The number of thiazole rings is 1. The molecule has 0 aliphatic carbocycles. The van der Waals surface area contributed by atoms with Crippen LogP contribution in [-0.4, -0.2) is 41.5 Å². The van der Waals surface area contributed by atoms with Crippen molar-refractivity contribution >= 4 is 39.9 Å². The number of anilines is 1. The summed E-state index contributed by atoms with van der Waals surface area (Å²) in [7, 11) is 1.27. The number of carbonyl (C=O) groups excluding carboxylic acids is 3. The quantitative estimate of drug-likeness (QED) is 0.131. The first kappa shape index (κ1) is 27.1. The fraction of sp³-hybridized carbons (Fsp3) is 0.310. The Kier molecular flexibility index (Phi) is 7.97. The summed E-state index contributed by atoms with van der Waals surface area (Å²) in [6, 6.07) is 11.7. The van der Waals surface area contributed by atoms with E-state index in [0.29, 0.717) is 29.2 Å². The molecule has 1 saturated heterocycles. The minimum atomic E-state index is -0.962. The van der Waals surface area contributed by atoms with Gasteiger partial charge in [-0.15, -0.1) is 0 Å². The maximum Gasteiger partial charge on any atom is 0.350 e. The number of rotatable bonds is 8. The van der Waals surface area contributed by atoms with Gasteiger partial charge in [0.05, 0.1) is 31.0 Å². The summed E-state index contributed by atoms with van der Waals surface area (Å²) >= 11 is 0.964. The van der Waals surface area contributed by atoms with E-state index < -0.39 is 23.7 Å². The molecule has 4 rings (SSSR count). The van der Waals surface area contributed by atoms with Gasteiger partial charge in [0.1, 0.15) is 16.4 Å². The molecule has 9 heteroatoms. The first-order valence-corrected chi connectivity index (χ1v) is 13.2. The number of benzene rings is 2. The molecule has 1 aromatic heterocycles. The zero-order valence-corrected chi connectivity index (χ0v) is 22.8. The number of Topliss-reactive ketones (excluding diaryl/α,β-unsaturated/α-hetero) is 1. The van der Waals surface area contributed by atoms with Crippen molar-refractivity contribution in [2.24, 2.45) is 0 Å². The van der Waals surface area contributed by atoms with Gasteiger partial charge in [0, 0.05) is 5.56 Å². The van der Waals surface area contributed by atoms with Crippen LogP contribution in [0.2, 0.25) is 0 Å². The summed E-state index contributed by atoms with van der Waals surface area (Å²) < 4.78 is 10.6. The molecule has 0 radical (unpaired) electrons. The van der Waals surface area contributed by atoms with Gasteiger partial charge in [0.25, 0.3) is 5.78 Å². The lowest BCUT2D eigenvalue weighted by Gasteiger charge is -2.23. The van der Waals surface area contributed by atoms with E-state index in [0.717, 1.165) is 35.3 Å². The lowest BCUT2D eigenvalue weighted by molar-refractivity contribution is -0.132. The number of aliphatic hydroxyl groups is 1. The maximum absolute atomic E-state index is 13.5. The van der Waals surface area contributed by atoms with Gasteiger partial charge in [-0.3, -0.25) is 14.5 Å². The average molecular weight is 535 g/mol. The van der Waals surface area contributed by atoms with Gasteiger partial charge < -0.3 is 14.6 Å². The molecule has 38 heavy (non-hydrogen) atoms. The van der Waals surface area contributed by atoms with E-state index in [-0.39, 0.29) is 21.3 Å². The van der Waals surface area contributed by atoms with Crippen LogP contribution in [0.1, 0.15) is 63.4 Å². The molecular weight excluding hydrogens is 504 g/mol. The number of nitrogens with zero attached hydrogens (tertiary/aromatic N) is 2. The topological polar surface area (TPSA) is 106 Å². The van der Waals surface area contributed by atoms with E-state index in [4.69, 9.17) is 9.47 Å². The number of hydrogen-bond acceptors (Lipinski definition) is 8. The first-order chi connectivity index (χ1) is 18.2. The molecule has 1 aliphatic heterocycles. The van der Waals surface area contributed by atoms with E-state index in [1.807, 2.05) is 26.0 Å². The van der Waals surface area contributed by atoms with Crippen molar-refractivity contribution in [2.75, 3.05) is 18.6 Å². The predicted molar refractivity (Wildman–Crippen MR) is 146 cm³/mol. The molecule has 1 unspecified atom stereocenters. The number of aryl methyl sites for hydroxylation is 3. The molecule has 2 aromatic carbocycles. The van der Waals surface area contributed by atoms with Crippen LogP contribution in [0.4, 0.5) is 5.13 Å². The minimum Gasteiger partial charge on any atom is -0.507 e. The Morgan fingerprint density at radius 1 is 1.11 bits per heavy atom. The van der Waals surface area contributed by atoms with Crippen LogP contribution >= 0.6 is 11.3 Å². The minimum absolute atomic E-state index is 0.0455. The highest BCUT2D eigenvalue weighted by Crippen LogP contribution is 2.44. The molecule has 1 atom stereocenters. The summed E-state index contributed by atoms with van der Waals surface area (Å²) in [5.41, 5.74) is 3.05. The highest BCUT2D eigenvalue weighted by molar-refractivity contribution is 7.17. The number of amides is 1. The van der Waals surface area contributed by atoms with Crippen molar-refractivity contribution in [3.63, 3.8) is 0 Å². The summed E-state index contributed by atoms with van der Waals surface area (Å²) in [5.74, 6) is -1.85. The number of esters is 1. The number of ether oxygens (including phenoxy) is 2. The number of ketones is 1. The highest BCUT2D eigenvalue weighted by atomic mass is 32.1. The molecule has 3 aromatic rings. The molecule has 1 amide bonds. The second-order valence-electron chi connectivity index (χ2n) is 9.16. The van der Waals surface area contributed by atoms with Crippen LogP contribution < -0.4 is 9.64 Å². The Morgan fingerprint density at radius 3 is 2.47 bits per heavy atom. The molecular formula is C29H30N2O6S. The van der Waals surface area contributed by atoms with Crippen LogP contribution in [0.3, 0.4) is 0 Å². The Morgan fingerprint density at radius 2 is 1.82 bits per heavy atom. The van der Waals surface area contributed by atoms with Crippen molar-refractivity contribution < 1.29 is 29.0 Å². The van der Waals surface area contributed by atoms with Gasteiger partial charge in [-0.2, -0.15) is 0 Å². The number of unbranched alkanes of at least 4 members (excludes halogenated alkanes) is 1. The third-order valence-corrected chi connectivity index (χ3v) is 7.55. The van der Waals surface area contributed by atoms with Gasteiger partial charge in [0.15, 0.2) is 5.13 Å². The van der Waals surface area contributed by atoms with Gasteiger partial charge in [-0.25, -0.2) is 9.78 Å². The third-order valence-electron chi connectivity index (χ3n) is 6.42. The molecule has 8 nitrogen and oxygen atoms in total. The van der Waals surface area contributed by atoms with E-state index >= 15 is 0 Å².